The zero-order chi connectivity index (χ0) is 58.2. The van der Waals surface area contributed by atoms with E-state index in [0.29, 0.717) is 19.3 Å². The van der Waals surface area contributed by atoms with E-state index in [-0.39, 0.29) is 12.8 Å². The zero-order valence-electron chi connectivity index (χ0n) is 52.3. The Morgan fingerprint density at radius 2 is 0.750 bits per heavy atom. The molecule has 0 spiro atoms. The molecule has 1 fully saturated rings. The monoisotopic (exact) mass is 1140 g/mol. The Morgan fingerprint density at radius 1 is 0.425 bits per heavy atom. The van der Waals surface area contributed by atoms with Gasteiger partial charge in [-0.1, -0.05) is 314 Å². The fourth-order valence-electron chi connectivity index (χ4n) is 11.4. The molecule has 11 heteroatoms. The van der Waals surface area contributed by atoms with E-state index in [1.165, 1.54) is 257 Å². The SMILES string of the molecule is CCCCCCCCCCCCCCCCCCCCC/C=C/CC/C=C/CCCC(O)C(O)C(COC1OC(CO)C(O)C(O)C1O)NC(=O)C(O)CCCCCCCCCCCCCCCCCCCCCCCCCCC. The number of unbranched alkanes of at least 4 members (excludes halogenated alkanes) is 45. The van der Waals surface area contributed by atoms with Gasteiger partial charge in [-0.25, -0.2) is 0 Å². The molecule has 0 saturated carbocycles. The predicted molar refractivity (Wildman–Crippen MR) is 335 cm³/mol. The van der Waals surface area contributed by atoms with Gasteiger partial charge in [-0.2, -0.15) is 0 Å². The first kappa shape index (κ1) is 76.6. The van der Waals surface area contributed by atoms with Gasteiger partial charge in [-0.3, -0.25) is 4.79 Å². The molecule has 9 unspecified atom stereocenters. The molecule has 11 nitrogen and oxygen atoms in total. The van der Waals surface area contributed by atoms with Crippen LogP contribution >= 0.6 is 0 Å². The maximum Gasteiger partial charge on any atom is 0.249 e. The van der Waals surface area contributed by atoms with E-state index in [1.54, 1.807) is 0 Å². The summed E-state index contributed by atoms with van der Waals surface area (Å²) < 4.78 is 11.2. The first-order chi connectivity index (χ1) is 39.2. The maximum atomic E-state index is 13.2. The van der Waals surface area contributed by atoms with Gasteiger partial charge in [0.25, 0.3) is 0 Å². The number of hydrogen-bond acceptors (Lipinski definition) is 10. The minimum atomic E-state index is -1.67. The van der Waals surface area contributed by atoms with Crippen LogP contribution in [0.1, 0.15) is 341 Å². The van der Waals surface area contributed by atoms with E-state index >= 15 is 0 Å². The zero-order valence-corrected chi connectivity index (χ0v) is 52.3. The molecule has 1 rings (SSSR count). The van der Waals surface area contributed by atoms with Crippen LogP contribution in [0.25, 0.3) is 0 Å². The van der Waals surface area contributed by atoms with Crippen LogP contribution in [0.5, 0.6) is 0 Å². The van der Waals surface area contributed by atoms with Crippen molar-refractivity contribution in [3.63, 3.8) is 0 Å². The molecule has 474 valence electrons. The fraction of sp³-hybridized carbons (Fsp3) is 0.928. The lowest BCUT2D eigenvalue weighted by Crippen LogP contribution is -2.60. The van der Waals surface area contributed by atoms with Gasteiger partial charge >= 0.3 is 0 Å². The van der Waals surface area contributed by atoms with Gasteiger partial charge in [-0.05, 0) is 51.4 Å². The van der Waals surface area contributed by atoms with E-state index in [4.69, 9.17) is 9.47 Å². The highest BCUT2D eigenvalue weighted by molar-refractivity contribution is 5.80. The van der Waals surface area contributed by atoms with Gasteiger partial charge < -0.3 is 50.5 Å². The Morgan fingerprint density at radius 3 is 1.11 bits per heavy atom. The summed E-state index contributed by atoms with van der Waals surface area (Å²) in [5.41, 5.74) is 0. The summed E-state index contributed by atoms with van der Waals surface area (Å²) in [6.07, 6.45) is 61.2. The highest BCUT2D eigenvalue weighted by atomic mass is 16.7. The molecule has 1 aliphatic rings. The summed E-state index contributed by atoms with van der Waals surface area (Å²) in [6, 6.07) is -1.19. The fourth-order valence-corrected chi connectivity index (χ4v) is 11.4. The molecule has 0 bridgehead atoms. The number of ether oxygens (including phenoxy) is 2. The van der Waals surface area contributed by atoms with Crippen molar-refractivity contribution in [3.8, 4) is 0 Å². The van der Waals surface area contributed by atoms with E-state index < -0.39 is 74.2 Å². The van der Waals surface area contributed by atoms with Crippen LogP contribution in [0, 0.1) is 0 Å². The van der Waals surface area contributed by atoms with E-state index in [2.05, 4.69) is 43.5 Å². The Kier molecular flexibility index (Phi) is 55.5. The predicted octanol–water partition coefficient (Wildman–Crippen LogP) is 16.4. The molecule has 1 amide bonds. The van der Waals surface area contributed by atoms with Gasteiger partial charge in [0.15, 0.2) is 6.29 Å². The smallest absolute Gasteiger partial charge is 0.249 e. The Bertz CT molecular complexity index is 1350. The molecular formula is C69H133NO10. The number of aliphatic hydroxyl groups excluding tert-OH is 7. The molecule has 0 radical (unpaired) electrons. The third-order valence-electron chi connectivity index (χ3n) is 17.0. The molecule has 1 aliphatic heterocycles. The normalized spacial score (nSPS) is 19.3. The molecule has 9 atom stereocenters. The number of rotatable bonds is 61. The number of carbonyl (C=O) groups excluding carboxylic acids is 1. The first-order valence-corrected chi connectivity index (χ1v) is 34.7. The Hall–Kier alpha value is -1.41. The summed E-state index contributed by atoms with van der Waals surface area (Å²) in [5, 5.41) is 76.4. The standard InChI is InChI=1S/C69H133NO10/c1-3-5-7-9-11-13-15-17-19-21-23-25-27-29-30-31-33-34-36-38-40-42-44-46-48-50-52-54-56-61(72)64(74)60(59-79-69-67(77)66(76)65(75)63(58-71)80-69)70-68(78)62(73)57-55-53-51-49-47-45-43-41-39-37-35-32-28-26-24-22-20-18-16-14-12-10-8-6-4-2/h40,42,48,50,60-67,69,71-77H,3-39,41,43-47,49,51-59H2,1-2H3,(H,70,78)/b42-40+,50-48+. The molecule has 0 aromatic rings. The van der Waals surface area contributed by atoms with Crippen molar-refractivity contribution >= 4 is 5.91 Å². The highest BCUT2D eigenvalue weighted by Crippen LogP contribution is 2.24. The van der Waals surface area contributed by atoms with Crippen molar-refractivity contribution in [2.24, 2.45) is 0 Å². The molecule has 8 N–H and O–H groups in total. The van der Waals surface area contributed by atoms with Crippen molar-refractivity contribution in [2.75, 3.05) is 13.2 Å². The minimum absolute atomic E-state index is 0.249. The van der Waals surface area contributed by atoms with E-state index in [0.717, 1.165) is 38.5 Å². The number of allylic oxidation sites excluding steroid dienone is 4. The Labute approximate surface area is 493 Å². The van der Waals surface area contributed by atoms with Crippen molar-refractivity contribution in [3.05, 3.63) is 24.3 Å². The minimum Gasteiger partial charge on any atom is -0.394 e. The third kappa shape index (κ3) is 45.0. The van der Waals surface area contributed by atoms with Gasteiger partial charge in [0.2, 0.25) is 5.91 Å². The summed E-state index contributed by atoms with van der Waals surface area (Å²) in [5.74, 6) is -0.703. The summed E-state index contributed by atoms with van der Waals surface area (Å²) >= 11 is 0. The summed E-state index contributed by atoms with van der Waals surface area (Å²) in [6.45, 7) is 3.50. The molecule has 0 aromatic carbocycles. The topological polar surface area (TPSA) is 189 Å². The molecule has 80 heavy (non-hydrogen) atoms. The van der Waals surface area contributed by atoms with Crippen LogP contribution in [-0.2, 0) is 14.3 Å². The second-order valence-corrected chi connectivity index (χ2v) is 24.6. The number of carbonyl (C=O) groups is 1. The second-order valence-electron chi connectivity index (χ2n) is 24.6. The quantitative estimate of drug-likeness (QED) is 0.0215. The summed E-state index contributed by atoms with van der Waals surface area (Å²) in [7, 11) is 0. The van der Waals surface area contributed by atoms with Crippen LogP contribution in [0.4, 0.5) is 0 Å². The number of aliphatic hydroxyl groups is 7. The Balaban J connectivity index is 2.23. The van der Waals surface area contributed by atoms with Gasteiger partial charge in [0.1, 0.15) is 36.6 Å². The van der Waals surface area contributed by atoms with Crippen LogP contribution in [0.3, 0.4) is 0 Å². The van der Waals surface area contributed by atoms with Crippen molar-refractivity contribution in [1.29, 1.82) is 0 Å². The van der Waals surface area contributed by atoms with Gasteiger partial charge in [0.05, 0.1) is 25.4 Å². The van der Waals surface area contributed by atoms with Crippen molar-refractivity contribution in [2.45, 2.75) is 396 Å². The van der Waals surface area contributed by atoms with Gasteiger partial charge in [0, 0.05) is 0 Å². The lowest BCUT2D eigenvalue weighted by Gasteiger charge is -2.40. The van der Waals surface area contributed by atoms with Crippen LogP contribution in [0.2, 0.25) is 0 Å². The van der Waals surface area contributed by atoms with Crippen LogP contribution in [0.15, 0.2) is 24.3 Å². The second kappa shape index (κ2) is 58.0. The van der Waals surface area contributed by atoms with Gasteiger partial charge in [-0.15, -0.1) is 0 Å². The largest absolute Gasteiger partial charge is 0.394 e. The molecule has 0 aromatic heterocycles. The van der Waals surface area contributed by atoms with E-state index in [1.807, 2.05) is 0 Å². The van der Waals surface area contributed by atoms with E-state index in [9.17, 15) is 40.5 Å². The maximum absolute atomic E-state index is 13.2. The van der Waals surface area contributed by atoms with Crippen LogP contribution < -0.4 is 5.32 Å². The average Bonchev–Trinajstić information content (AvgIpc) is 3.47. The average molecular weight is 1140 g/mol. The molecule has 0 aliphatic carbocycles. The summed E-state index contributed by atoms with van der Waals surface area (Å²) in [4.78, 5) is 13.2. The van der Waals surface area contributed by atoms with Crippen molar-refractivity contribution in [1.82, 2.24) is 5.32 Å². The highest BCUT2D eigenvalue weighted by Gasteiger charge is 2.44. The molecule has 1 saturated heterocycles. The van der Waals surface area contributed by atoms with Crippen molar-refractivity contribution < 1.29 is 50.0 Å². The number of amides is 1. The third-order valence-corrected chi connectivity index (χ3v) is 17.0. The molecule has 1 heterocycles. The molecular weight excluding hydrogens is 1000 g/mol. The number of nitrogens with one attached hydrogen (secondary N) is 1. The van der Waals surface area contributed by atoms with Crippen LogP contribution in [-0.4, -0.2) is 110 Å². The number of hydrogen-bond donors (Lipinski definition) is 8. The lowest BCUT2D eigenvalue weighted by atomic mass is 9.98. The lowest BCUT2D eigenvalue weighted by molar-refractivity contribution is -0.303. The first-order valence-electron chi connectivity index (χ1n) is 34.7.